The van der Waals surface area contributed by atoms with Crippen molar-refractivity contribution in [3.05, 3.63) is 29.3 Å². The molecule has 3 heteroatoms. The summed E-state index contributed by atoms with van der Waals surface area (Å²) in [6.07, 6.45) is 1.46. The highest BCUT2D eigenvalue weighted by Crippen LogP contribution is 2.22. The fourth-order valence-corrected chi connectivity index (χ4v) is 1.05. The third-order valence-corrected chi connectivity index (χ3v) is 1.65. The predicted octanol–water partition coefficient (Wildman–Crippen LogP) is 1.45. The van der Waals surface area contributed by atoms with E-state index < -0.39 is 0 Å². The molecule has 0 radical (unpaired) electrons. The minimum absolute atomic E-state index is 0.109. The molecule has 0 fully saturated rings. The van der Waals surface area contributed by atoms with Crippen LogP contribution < -0.4 is 0 Å². The zero-order valence-corrected chi connectivity index (χ0v) is 6.74. The maximum atomic E-state index is 10.0. The second kappa shape index (κ2) is 3.81. The predicted molar refractivity (Wildman–Crippen MR) is 44.9 cm³/mol. The van der Waals surface area contributed by atoms with Crippen LogP contribution in [0.1, 0.15) is 11.1 Å². The summed E-state index contributed by atoms with van der Waals surface area (Å²) < 4.78 is 0. The van der Waals surface area contributed by atoms with Gasteiger partial charge in [-0.25, -0.2) is 4.79 Å². The maximum Gasteiger partial charge on any atom is 0.240 e. The van der Waals surface area contributed by atoms with Crippen LogP contribution in [-0.2, 0) is 11.4 Å². The number of benzene rings is 1. The van der Waals surface area contributed by atoms with Gasteiger partial charge in [-0.2, -0.15) is 4.99 Å². The van der Waals surface area contributed by atoms with E-state index in [2.05, 4.69) is 4.99 Å². The molecule has 0 aliphatic rings. The van der Waals surface area contributed by atoms with Crippen molar-refractivity contribution in [2.45, 2.75) is 13.5 Å². The maximum absolute atomic E-state index is 10.0. The second-order valence-corrected chi connectivity index (χ2v) is 2.44. The van der Waals surface area contributed by atoms with Gasteiger partial charge in [0.05, 0.1) is 12.3 Å². The number of hydrogen-bond donors (Lipinski definition) is 1. The lowest BCUT2D eigenvalue weighted by atomic mass is 10.1. The first kappa shape index (κ1) is 8.65. The number of hydrogen-bond acceptors (Lipinski definition) is 3. The van der Waals surface area contributed by atoms with Gasteiger partial charge < -0.3 is 5.11 Å². The van der Waals surface area contributed by atoms with E-state index in [-0.39, 0.29) is 6.61 Å². The molecule has 0 spiro atoms. The van der Waals surface area contributed by atoms with Crippen molar-refractivity contribution in [1.29, 1.82) is 0 Å². The second-order valence-electron chi connectivity index (χ2n) is 2.44. The Labute approximate surface area is 70.4 Å². The number of nitrogens with zero attached hydrogens (tertiary/aromatic N) is 1. The summed E-state index contributed by atoms with van der Waals surface area (Å²) in [5.41, 5.74) is 2.04. The molecule has 1 rings (SSSR count). The van der Waals surface area contributed by atoms with Crippen molar-refractivity contribution in [2.75, 3.05) is 0 Å². The van der Waals surface area contributed by atoms with Gasteiger partial charge in [0.2, 0.25) is 6.08 Å². The SMILES string of the molecule is Cc1cccc(CO)c1N=C=O. The van der Waals surface area contributed by atoms with Crippen molar-refractivity contribution >= 4 is 11.8 Å². The minimum atomic E-state index is -0.109. The van der Waals surface area contributed by atoms with Crippen molar-refractivity contribution < 1.29 is 9.90 Å². The molecule has 1 aromatic carbocycles. The van der Waals surface area contributed by atoms with Crippen molar-refractivity contribution in [3.63, 3.8) is 0 Å². The summed E-state index contributed by atoms with van der Waals surface area (Å²) in [5.74, 6) is 0. The van der Waals surface area contributed by atoms with Crippen LogP contribution in [0.2, 0.25) is 0 Å². The number of rotatable bonds is 2. The Kier molecular flexibility index (Phi) is 2.75. The lowest BCUT2D eigenvalue weighted by Gasteiger charge is -2.02. The van der Waals surface area contributed by atoms with E-state index in [0.29, 0.717) is 11.3 Å². The summed E-state index contributed by atoms with van der Waals surface area (Å²) in [6.45, 7) is 1.72. The molecule has 3 nitrogen and oxygen atoms in total. The van der Waals surface area contributed by atoms with Crippen LogP contribution in [0.3, 0.4) is 0 Å². The number of aryl methyl sites for hydroxylation is 1. The topological polar surface area (TPSA) is 49.7 Å². The molecule has 0 amide bonds. The summed E-state index contributed by atoms with van der Waals surface area (Å²) >= 11 is 0. The van der Waals surface area contributed by atoms with Crippen molar-refractivity contribution in [2.24, 2.45) is 4.99 Å². The lowest BCUT2D eigenvalue weighted by molar-refractivity contribution is 0.282. The molecule has 12 heavy (non-hydrogen) atoms. The van der Waals surface area contributed by atoms with E-state index >= 15 is 0 Å². The first-order chi connectivity index (χ1) is 5.79. The van der Waals surface area contributed by atoms with E-state index in [4.69, 9.17) is 5.11 Å². The van der Waals surface area contributed by atoms with Crippen LogP contribution in [0, 0.1) is 6.92 Å². The molecule has 0 unspecified atom stereocenters. The summed E-state index contributed by atoms with van der Waals surface area (Å²) in [6, 6.07) is 5.36. The molecule has 0 aliphatic heterocycles. The Bertz CT molecular complexity index is 327. The average Bonchev–Trinajstić information content (AvgIpc) is 2.09. The average molecular weight is 163 g/mol. The van der Waals surface area contributed by atoms with Crippen molar-refractivity contribution in [1.82, 2.24) is 0 Å². The van der Waals surface area contributed by atoms with E-state index in [1.165, 1.54) is 6.08 Å². The molecular weight excluding hydrogens is 154 g/mol. The summed E-state index contributed by atoms with van der Waals surface area (Å²) in [4.78, 5) is 13.5. The van der Waals surface area contributed by atoms with Gasteiger partial charge in [0.1, 0.15) is 0 Å². The minimum Gasteiger partial charge on any atom is -0.392 e. The van der Waals surface area contributed by atoms with Gasteiger partial charge in [0.15, 0.2) is 0 Å². The van der Waals surface area contributed by atoms with Crippen LogP contribution >= 0.6 is 0 Å². The quantitative estimate of drug-likeness (QED) is 0.530. The van der Waals surface area contributed by atoms with Gasteiger partial charge in [-0.05, 0) is 12.5 Å². The molecule has 0 aliphatic carbocycles. The molecule has 1 aromatic rings. The highest BCUT2D eigenvalue weighted by molar-refractivity contribution is 5.57. The third kappa shape index (κ3) is 1.59. The van der Waals surface area contributed by atoms with Crippen LogP contribution in [-0.4, -0.2) is 11.2 Å². The van der Waals surface area contributed by atoms with E-state index in [0.717, 1.165) is 5.56 Å². The molecular formula is C9H9NO2. The molecule has 62 valence electrons. The Balaban J connectivity index is 3.28. The fourth-order valence-electron chi connectivity index (χ4n) is 1.05. The zero-order valence-electron chi connectivity index (χ0n) is 6.74. The molecule has 0 aromatic heterocycles. The summed E-state index contributed by atoms with van der Waals surface area (Å²) in [5, 5.41) is 8.88. The molecule has 0 atom stereocenters. The number of carbonyl (C=O) groups excluding carboxylic acids is 1. The number of isocyanates is 1. The van der Waals surface area contributed by atoms with Crippen LogP contribution in [0.25, 0.3) is 0 Å². The van der Waals surface area contributed by atoms with Crippen molar-refractivity contribution in [3.8, 4) is 0 Å². The van der Waals surface area contributed by atoms with Crippen LogP contribution in [0.4, 0.5) is 5.69 Å². The lowest BCUT2D eigenvalue weighted by Crippen LogP contribution is -1.85. The summed E-state index contributed by atoms with van der Waals surface area (Å²) in [7, 11) is 0. The van der Waals surface area contributed by atoms with Gasteiger partial charge in [0.25, 0.3) is 0 Å². The molecule has 0 heterocycles. The Morgan fingerprint density at radius 3 is 2.92 bits per heavy atom. The Hall–Kier alpha value is -1.44. The molecule has 0 bridgehead atoms. The zero-order chi connectivity index (χ0) is 8.97. The number of aliphatic hydroxyl groups excluding tert-OH is 1. The monoisotopic (exact) mass is 163 g/mol. The number of para-hydroxylation sites is 1. The smallest absolute Gasteiger partial charge is 0.240 e. The Morgan fingerprint density at radius 2 is 2.33 bits per heavy atom. The first-order valence-corrected chi connectivity index (χ1v) is 3.57. The van der Waals surface area contributed by atoms with E-state index in [1.807, 2.05) is 19.1 Å². The van der Waals surface area contributed by atoms with Gasteiger partial charge in [0, 0.05) is 5.56 Å². The first-order valence-electron chi connectivity index (χ1n) is 3.57. The number of aliphatic hydroxyl groups is 1. The molecule has 0 saturated carbocycles. The van der Waals surface area contributed by atoms with Gasteiger partial charge >= 0.3 is 0 Å². The van der Waals surface area contributed by atoms with Crippen LogP contribution in [0.15, 0.2) is 23.2 Å². The van der Waals surface area contributed by atoms with Crippen LogP contribution in [0.5, 0.6) is 0 Å². The largest absolute Gasteiger partial charge is 0.392 e. The molecule has 1 N–H and O–H groups in total. The van der Waals surface area contributed by atoms with E-state index in [1.54, 1.807) is 6.07 Å². The third-order valence-electron chi connectivity index (χ3n) is 1.65. The Morgan fingerprint density at radius 1 is 1.58 bits per heavy atom. The molecule has 0 saturated heterocycles. The van der Waals surface area contributed by atoms with Gasteiger partial charge in [-0.15, -0.1) is 0 Å². The highest BCUT2D eigenvalue weighted by Gasteiger charge is 2.01. The highest BCUT2D eigenvalue weighted by atomic mass is 16.3. The number of aliphatic imine (C=N–C) groups is 1. The van der Waals surface area contributed by atoms with Gasteiger partial charge in [-0.1, -0.05) is 18.2 Å². The van der Waals surface area contributed by atoms with E-state index in [9.17, 15) is 4.79 Å². The van der Waals surface area contributed by atoms with Gasteiger partial charge in [-0.3, -0.25) is 0 Å². The fraction of sp³-hybridized carbons (Fsp3) is 0.222. The normalized spacial score (nSPS) is 9.17. The standard InChI is InChI=1S/C9H9NO2/c1-7-3-2-4-8(5-11)9(7)10-6-12/h2-4,11H,5H2,1H3.